The minimum Gasteiger partial charge on any atom is -0.449 e. The Morgan fingerprint density at radius 1 is 1.33 bits per heavy atom. The Morgan fingerprint density at radius 3 is 2.72 bits per heavy atom. The third-order valence-corrected chi connectivity index (χ3v) is 2.13. The van der Waals surface area contributed by atoms with Crippen molar-refractivity contribution < 1.29 is 19.4 Å². The van der Waals surface area contributed by atoms with Gasteiger partial charge in [-0.15, -0.1) is 0 Å². The average Bonchev–Trinajstić information content (AvgIpc) is 2.34. The van der Waals surface area contributed by atoms with Gasteiger partial charge in [0.25, 0.3) is 11.8 Å². The minimum absolute atomic E-state index is 0.128. The van der Waals surface area contributed by atoms with E-state index in [0.717, 1.165) is 19.3 Å². The van der Waals surface area contributed by atoms with Crippen molar-refractivity contribution in [2.24, 2.45) is 0 Å². The van der Waals surface area contributed by atoms with E-state index >= 15 is 0 Å². The van der Waals surface area contributed by atoms with Crippen molar-refractivity contribution in [3.63, 3.8) is 0 Å². The van der Waals surface area contributed by atoms with Crippen LogP contribution in [-0.2, 0) is 0 Å². The highest BCUT2D eigenvalue weighted by Gasteiger charge is 2.17. The first-order chi connectivity index (χ1) is 8.65. The maximum absolute atomic E-state index is 11.7. The summed E-state index contributed by atoms with van der Waals surface area (Å²) in [5.74, 6) is -0.798. The molecule has 0 bridgehead atoms. The number of carboxylic acid groups (broad SMARTS) is 1. The fraction of sp³-hybridized carbons (Fsp3) is 0.455. The average molecular weight is 253 g/mol. The highest BCUT2D eigenvalue weighted by molar-refractivity contribution is 5.94. The van der Waals surface area contributed by atoms with Crippen LogP contribution in [0.2, 0.25) is 0 Å². The number of amides is 1. The molecular formula is C11H15N3O4. The number of hydrogen-bond acceptors (Lipinski definition) is 5. The van der Waals surface area contributed by atoms with Crippen LogP contribution in [0, 0.1) is 0 Å². The van der Waals surface area contributed by atoms with E-state index in [-0.39, 0.29) is 11.6 Å². The summed E-state index contributed by atoms with van der Waals surface area (Å²) in [6.45, 7) is 2.57. The van der Waals surface area contributed by atoms with E-state index in [1.165, 1.54) is 12.4 Å². The molecule has 2 N–H and O–H groups in total. The first kappa shape index (κ1) is 13.9. The molecule has 0 saturated carbocycles. The van der Waals surface area contributed by atoms with Gasteiger partial charge in [0, 0.05) is 18.9 Å². The maximum atomic E-state index is 11.7. The van der Waals surface area contributed by atoms with E-state index in [0.29, 0.717) is 6.54 Å². The zero-order valence-corrected chi connectivity index (χ0v) is 10.0. The number of nitrogens with one attached hydrogen (secondary N) is 1. The molecule has 1 heterocycles. The number of aromatic nitrogens is 2. The van der Waals surface area contributed by atoms with Crippen LogP contribution in [0.25, 0.3) is 0 Å². The monoisotopic (exact) mass is 253 g/mol. The Kier molecular flexibility index (Phi) is 5.56. The molecule has 0 saturated heterocycles. The van der Waals surface area contributed by atoms with Crippen LogP contribution in [0.4, 0.5) is 4.79 Å². The molecule has 0 atom stereocenters. The summed E-state index contributed by atoms with van der Waals surface area (Å²) in [4.78, 5) is 29.6. The van der Waals surface area contributed by atoms with Gasteiger partial charge >= 0.3 is 6.16 Å². The molecule has 0 aliphatic rings. The van der Waals surface area contributed by atoms with Gasteiger partial charge in [0.2, 0.25) is 0 Å². The number of rotatable bonds is 6. The molecular weight excluding hydrogens is 238 g/mol. The molecule has 1 aromatic rings. The normalized spacial score (nSPS) is 9.83. The molecule has 0 aliphatic heterocycles. The quantitative estimate of drug-likeness (QED) is 0.587. The van der Waals surface area contributed by atoms with Gasteiger partial charge in [-0.3, -0.25) is 4.79 Å². The number of unbranched alkanes of at least 4 members (excludes halogenated alkanes) is 2. The van der Waals surface area contributed by atoms with Gasteiger partial charge in [0.05, 0.1) is 0 Å². The van der Waals surface area contributed by atoms with E-state index in [1.807, 2.05) is 0 Å². The Morgan fingerprint density at radius 2 is 2.06 bits per heavy atom. The van der Waals surface area contributed by atoms with Crippen molar-refractivity contribution in [1.82, 2.24) is 15.3 Å². The highest BCUT2D eigenvalue weighted by atomic mass is 16.7. The maximum Gasteiger partial charge on any atom is 0.512 e. The zero-order chi connectivity index (χ0) is 13.4. The molecule has 98 valence electrons. The second kappa shape index (κ2) is 7.21. The lowest BCUT2D eigenvalue weighted by Crippen LogP contribution is -2.26. The lowest BCUT2D eigenvalue weighted by molar-refractivity contribution is 0.0942. The molecule has 0 aromatic carbocycles. The fourth-order valence-electron chi connectivity index (χ4n) is 1.30. The largest absolute Gasteiger partial charge is 0.512 e. The predicted molar refractivity (Wildman–Crippen MR) is 62.5 cm³/mol. The zero-order valence-electron chi connectivity index (χ0n) is 10.0. The second-order valence-corrected chi connectivity index (χ2v) is 3.54. The fourth-order valence-corrected chi connectivity index (χ4v) is 1.30. The summed E-state index contributed by atoms with van der Waals surface area (Å²) < 4.78 is 4.38. The standard InChI is InChI=1S/C11H15N3O4/c1-2-3-4-5-13-9(15)8-10(18-11(16)17)14-7-6-12-8/h6-7H,2-5H2,1H3,(H,13,15)(H,16,17). The summed E-state index contributed by atoms with van der Waals surface area (Å²) in [6, 6.07) is 0. The molecule has 7 heteroatoms. The SMILES string of the molecule is CCCCCNC(=O)c1nccnc1OC(=O)O. The summed E-state index contributed by atoms with van der Waals surface area (Å²) in [5.41, 5.74) is -0.128. The van der Waals surface area contributed by atoms with E-state index in [9.17, 15) is 9.59 Å². The number of nitrogens with zero attached hydrogens (tertiary/aromatic N) is 2. The number of ether oxygens (including phenoxy) is 1. The molecule has 0 radical (unpaired) electrons. The summed E-state index contributed by atoms with van der Waals surface area (Å²) in [6.07, 6.45) is 3.95. The third-order valence-electron chi connectivity index (χ3n) is 2.13. The molecule has 1 aromatic heterocycles. The molecule has 0 aliphatic carbocycles. The van der Waals surface area contributed by atoms with Gasteiger partial charge in [-0.1, -0.05) is 19.8 Å². The number of carbonyl (C=O) groups excluding carboxylic acids is 1. The Balaban J connectivity index is 2.63. The van der Waals surface area contributed by atoms with Crippen LogP contribution in [0.3, 0.4) is 0 Å². The molecule has 0 fully saturated rings. The van der Waals surface area contributed by atoms with Crippen LogP contribution in [-0.4, -0.2) is 33.7 Å². The molecule has 7 nitrogen and oxygen atoms in total. The van der Waals surface area contributed by atoms with Crippen molar-refractivity contribution in [3.8, 4) is 5.88 Å². The van der Waals surface area contributed by atoms with Gasteiger partial charge in [-0.05, 0) is 6.42 Å². The van der Waals surface area contributed by atoms with Crippen LogP contribution < -0.4 is 10.1 Å². The predicted octanol–water partition coefficient (Wildman–Crippen LogP) is 1.45. The van der Waals surface area contributed by atoms with Crippen molar-refractivity contribution in [2.75, 3.05) is 6.54 Å². The third kappa shape index (κ3) is 4.36. The Bertz CT molecular complexity index is 423. The van der Waals surface area contributed by atoms with Crippen molar-refractivity contribution >= 4 is 12.1 Å². The van der Waals surface area contributed by atoms with Gasteiger partial charge < -0.3 is 15.2 Å². The molecule has 1 rings (SSSR count). The Hall–Kier alpha value is -2.18. The van der Waals surface area contributed by atoms with Crippen LogP contribution in [0.1, 0.15) is 36.7 Å². The van der Waals surface area contributed by atoms with E-state index in [1.54, 1.807) is 0 Å². The Labute approximate surface area is 104 Å². The lowest BCUT2D eigenvalue weighted by Gasteiger charge is -2.06. The van der Waals surface area contributed by atoms with Gasteiger partial charge in [0.1, 0.15) is 0 Å². The summed E-state index contributed by atoms with van der Waals surface area (Å²) >= 11 is 0. The lowest BCUT2D eigenvalue weighted by atomic mass is 10.2. The minimum atomic E-state index is -1.53. The van der Waals surface area contributed by atoms with E-state index in [2.05, 4.69) is 26.9 Å². The van der Waals surface area contributed by atoms with E-state index < -0.39 is 12.1 Å². The summed E-state index contributed by atoms with van der Waals surface area (Å²) in [7, 11) is 0. The van der Waals surface area contributed by atoms with Gasteiger partial charge in [-0.25, -0.2) is 14.8 Å². The number of hydrogen-bond donors (Lipinski definition) is 2. The second-order valence-electron chi connectivity index (χ2n) is 3.54. The van der Waals surface area contributed by atoms with Gasteiger partial charge in [-0.2, -0.15) is 0 Å². The van der Waals surface area contributed by atoms with Crippen molar-refractivity contribution in [2.45, 2.75) is 26.2 Å². The molecule has 0 unspecified atom stereocenters. The summed E-state index contributed by atoms with van der Waals surface area (Å²) in [5, 5.41) is 11.1. The smallest absolute Gasteiger partial charge is 0.449 e. The van der Waals surface area contributed by atoms with E-state index in [4.69, 9.17) is 5.11 Å². The van der Waals surface area contributed by atoms with Crippen LogP contribution in [0.5, 0.6) is 5.88 Å². The molecule has 0 spiro atoms. The van der Waals surface area contributed by atoms with Crippen LogP contribution >= 0.6 is 0 Å². The first-order valence-corrected chi connectivity index (χ1v) is 5.65. The van der Waals surface area contributed by atoms with Crippen molar-refractivity contribution in [1.29, 1.82) is 0 Å². The topological polar surface area (TPSA) is 101 Å². The highest BCUT2D eigenvalue weighted by Crippen LogP contribution is 2.11. The number of carbonyl (C=O) groups is 2. The van der Waals surface area contributed by atoms with Crippen LogP contribution in [0.15, 0.2) is 12.4 Å². The molecule has 1 amide bonds. The van der Waals surface area contributed by atoms with Crippen molar-refractivity contribution in [3.05, 3.63) is 18.1 Å². The molecule has 18 heavy (non-hydrogen) atoms. The van der Waals surface area contributed by atoms with Gasteiger partial charge in [0.15, 0.2) is 5.69 Å². The first-order valence-electron chi connectivity index (χ1n) is 5.65.